The number of rotatable bonds is 5. The van der Waals surface area contributed by atoms with Gasteiger partial charge < -0.3 is 10.8 Å². The lowest BCUT2D eigenvalue weighted by Crippen LogP contribution is -2.49. The molecule has 1 fully saturated rings. The van der Waals surface area contributed by atoms with Crippen LogP contribution >= 0.6 is 0 Å². The van der Waals surface area contributed by atoms with Gasteiger partial charge in [0, 0.05) is 12.1 Å². The highest BCUT2D eigenvalue weighted by atomic mass is 16.3. The van der Waals surface area contributed by atoms with Crippen molar-refractivity contribution < 1.29 is 5.11 Å². The average Bonchev–Trinajstić information content (AvgIpc) is 2.49. The minimum absolute atomic E-state index is 0.116. The smallest absolute Gasteiger partial charge is 0.0587 e. The van der Waals surface area contributed by atoms with Gasteiger partial charge in [-0.15, -0.1) is 0 Å². The summed E-state index contributed by atoms with van der Waals surface area (Å²) in [6, 6.07) is 9.29. The second-order valence-electron chi connectivity index (χ2n) is 6.00. The molecule has 3 N–H and O–H groups in total. The lowest BCUT2D eigenvalue weighted by Gasteiger charge is -2.43. The van der Waals surface area contributed by atoms with E-state index in [0.29, 0.717) is 0 Å². The molecule has 1 aliphatic rings. The first-order chi connectivity index (χ1) is 9.67. The van der Waals surface area contributed by atoms with Gasteiger partial charge in [-0.2, -0.15) is 0 Å². The van der Waals surface area contributed by atoms with Gasteiger partial charge in [0.2, 0.25) is 0 Å². The number of nitrogens with two attached hydrogens (primary N) is 1. The Balaban J connectivity index is 2.28. The molecule has 1 aliphatic heterocycles. The maximum Gasteiger partial charge on any atom is 0.0587 e. The van der Waals surface area contributed by atoms with Crippen LogP contribution in [0.3, 0.4) is 0 Å². The Labute approximate surface area is 122 Å². The van der Waals surface area contributed by atoms with E-state index >= 15 is 0 Å². The van der Waals surface area contributed by atoms with Crippen molar-refractivity contribution in [2.75, 3.05) is 13.2 Å². The normalized spacial score (nSPS) is 23.5. The van der Waals surface area contributed by atoms with Crippen LogP contribution in [0.15, 0.2) is 24.3 Å². The summed E-state index contributed by atoms with van der Waals surface area (Å²) in [4.78, 5) is 2.43. The van der Waals surface area contributed by atoms with Crippen molar-refractivity contribution in [3.8, 4) is 0 Å². The molecule has 0 radical (unpaired) electrons. The fraction of sp³-hybridized carbons (Fsp3) is 0.647. The molecule has 1 saturated heterocycles. The summed E-state index contributed by atoms with van der Waals surface area (Å²) in [5.74, 6) is 0. The predicted octanol–water partition coefficient (Wildman–Crippen LogP) is 2.62. The summed E-state index contributed by atoms with van der Waals surface area (Å²) in [6.45, 7) is 5.52. The first-order valence-electron chi connectivity index (χ1n) is 7.86. The van der Waals surface area contributed by atoms with Gasteiger partial charge in [0.25, 0.3) is 0 Å². The van der Waals surface area contributed by atoms with Crippen LogP contribution in [0.4, 0.5) is 0 Å². The summed E-state index contributed by atoms with van der Waals surface area (Å²) in [7, 11) is 0. The number of aliphatic hydroxyl groups is 1. The van der Waals surface area contributed by atoms with Gasteiger partial charge in [0.15, 0.2) is 0 Å². The summed E-state index contributed by atoms with van der Waals surface area (Å²) in [5, 5.41) is 9.67. The highest BCUT2D eigenvalue weighted by Gasteiger charge is 2.32. The Morgan fingerprint density at radius 3 is 2.60 bits per heavy atom. The van der Waals surface area contributed by atoms with Crippen molar-refractivity contribution in [1.82, 2.24) is 4.90 Å². The van der Waals surface area contributed by atoms with Crippen LogP contribution in [-0.2, 0) is 0 Å². The third kappa shape index (κ3) is 3.40. The molecule has 3 heteroatoms. The number of benzene rings is 1. The number of nitrogens with zero attached hydrogens (tertiary/aromatic N) is 1. The molecule has 0 amide bonds. The number of aryl methyl sites for hydroxylation is 1. The lowest BCUT2D eigenvalue weighted by atomic mass is 9.91. The summed E-state index contributed by atoms with van der Waals surface area (Å²) < 4.78 is 0. The highest BCUT2D eigenvalue weighted by Crippen LogP contribution is 2.31. The fourth-order valence-electron chi connectivity index (χ4n) is 3.26. The molecule has 3 nitrogen and oxygen atoms in total. The molecule has 3 unspecified atom stereocenters. The van der Waals surface area contributed by atoms with Gasteiger partial charge in [0.05, 0.1) is 12.6 Å². The quantitative estimate of drug-likeness (QED) is 0.869. The van der Waals surface area contributed by atoms with Gasteiger partial charge in [-0.1, -0.05) is 43.2 Å². The Morgan fingerprint density at radius 2 is 2.00 bits per heavy atom. The maximum absolute atomic E-state index is 9.67. The topological polar surface area (TPSA) is 49.5 Å². The monoisotopic (exact) mass is 276 g/mol. The molecule has 1 aromatic rings. The second-order valence-corrected chi connectivity index (χ2v) is 6.00. The van der Waals surface area contributed by atoms with Crippen LogP contribution in [0, 0.1) is 6.92 Å². The Hall–Kier alpha value is -0.900. The molecule has 0 aromatic heterocycles. The van der Waals surface area contributed by atoms with Crippen LogP contribution in [0.25, 0.3) is 0 Å². The fourth-order valence-corrected chi connectivity index (χ4v) is 3.26. The van der Waals surface area contributed by atoms with Gasteiger partial charge in [-0.05, 0) is 38.3 Å². The first-order valence-corrected chi connectivity index (χ1v) is 7.86. The number of aliphatic hydroxyl groups excluding tert-OH is 1. The summed E-state index contributed by atoms with van der Waals surface area (Å²) in [5.41, 5.74) is 8.97. The van der Waals surface area contributed by atoms with Crippen LogP contribution in [0.2, 0.25) is 0 Å². The third-order valence-corrected chi connectivity index (χ3v) is 4.54. The molecule has 20 heavy (non-hydrogen) atoms. The van der Waals surface area contributed by atoms with E-state index in [0.717, 1.165) is 19.4 Å². The van der Waals surface area contributed by atoms with E-state index < -0.39 is 0 Å². The SMILES string of the molecule is CCC(N)C(c1ccc(C)cc1)N1CCCCC1CO. The number of hydrogen-bond acceptors (Lipinski definition) is 3. The van der Waals surface area contributed by atoms with Crippen LogP contribution in [0.1, 0.15) is 49.8 Å². The van der Waals surface area contributed by atoms with Gasteiger partial charge in [-0.3, -0.25) is 4.90 Å². The molecule has 1 heterocycles. The number of hydrogen-bond donors (Lipinski definition) is 2. The molecule has 0 saturated carbocycles. The lowest BCUT2D eigenvalue weighted by molar-refractivity contribution is 0.0416. The van der Waals surface area contributed by atoms with Gasteiger partial charge in [0.1, 0.15) is 0 Å². The number of piperidine rings is 1. The van der Waals surface area contributed by atoms with Crippen molar-refractivity contribution in [3.63, 3.8) is 0 Å². The Morgan fingerprint density at radius 1 is 1.30 bits per heavy atom. The number of likely N-dealkylation sites (tertiary alicyclic amines) is 1. The van der Waals surface area contributed by atoms with E-state index in [9.17, 15) is 5.11 Å². The summed E-state index contributed by atoms with van der Waals surface area (Å²) in [6.07, 6.45) is 4.45. The van der Waals surface area contributed by atoms with Crippen molar-refractivity contribution in [2.45, 2.75) is 57.7 Å². The molecule has 3 atom stereocenters. The van der Waals surface area contributed by atoms with E-state index in [2.05, 4.69) is 43.0 Å². The zero-order valence-corrected chi connectivity index (χ0v) is 12.8. The van der Waals surface area contributed by atoms with E-state index in [1.165, 1.54) is 24.0 Å². The molecular formula is C17H28N2O. The minimum atomic E-state index is 0.116. The molecule has 1 aromatic carbocycles. The predicted molar refractivity (Wildman–Crippen MR) is 83.6 cm³/mol. The average molecular weight is 276 g/mol. The van der Waals surface area contributed by atoms with Crippen molar-refractivity contribution in [1.29, 1.82) is 0 Å². The second kappa shape index (κ2) is 7.21. The first kappa shape index (κ1) is 15.5. The molecule has 112 valence electrons. The molecular weight excluding hydrogens is 248 g/mol. The van der Waals surface area contributed by atoms with Crippen molar-refractivity contribution in [2.24, 2.45) is 5.73 Å². The zero-order chi connectivity index (χ0) is 14.5. The van der Waals surface area contributed by atoms with Crippen LogP contribution in [-0.4, -0.2) is 35.2 Å². The Kier molecular flexibility index (Phi) is 5.58. The third-order valence-electron chi connectivity index (χ3n) is 4.54. The Bertz CT molecular complexity index is 404. The van der Waals surface area contributed by atoms with Crippen LogP contribution < -0.4 is 5.73 Å². The van der Waals surface area contributed by atoms with Crippen molar-refractivity contribution in [3.05, 3.63) is 35.4 Å². The minimum Gasteiger partial charge on any atom is -0.395 e. The maximum atomic E-state index is 9.67. The van der Waals surface area contributed by atoms with Gasteiger partial charge >= 0.3 is 0 Å². The standard InChI is InChI=1S/C17H28N2O/c1-3-16(18)17(14-9-7-13(2)8-10-14)19-11-5-4-6-15(19)12-20/h7-10,15-17,20H,3-6,11-12,18H2,1-2H3. The zero-order valence-electron chi connectivity index (χ0n) is 12.8. The van der Waals surface area contributed by atoms with Crippen molar-refractivity contribution >= 4 is 0 Å². The van der Waals surface area contributed by atoms with Crippen LogP contribution in [0.5, 0.6) is 0 Å². The molecule has 0 bridgehead atoms. The highest BCUT2D eigenvalue weighted by molar-refractivity contribution is 5.25. The largest absolute Gasteiger partial charge is 0.395 e. The van der Waals surface area contributed by atoms with Gasteiger partial charge in [-0.25, -0.2) is 0 Å². The molecule has 0 aliphatic carbocycles. The molecule has 2 rings (SSSR count). The summed E-state index contributed by atoms with van der Waals surface area (Å²) >= 11 is 0. The molecule has 0 spiro atoms. The van der Waals surface area contributed by atoms with E-state index in [1.807, 2.05) is 0 Å². The van der Waals surface area contributed by atoms with E-state index in [1.54, 1.807) is 0 Å². The van der Waals surface area contributed by atoms with E-state index in [4.69, 9.17) is 5.73 Å². The van der Waals surface area contributed by atoms with E-state index in [-0.39, 0.29) is 24.7 Å².